The summed E-state index contributed by atoms with van der Waals surface area (Å²) in [4.78, 5) is 44.5. The number of rotatable bonds is 10. The second-order valence-electron chi connectivity index (χ2n) is 7.84. The van der Waals surface area contributed by atoms with Crippen molar-refractivity contribution in [2.24, 2.45) is 0 Å². The van der Waals surface area contributed by atoms with Crippen molar-refractivity contribution < 1.29 is 19.5 Å². The van der Waals surface area contributed by atoms with Crippen molar-refractivity contribution in [2.75, 3.05) is 37.9 Å². The van der Waals surface area contributed by atoms with E-state index in [1.807, 2.05) is 19.0 Å². The number of β-lactam (4-membered cyclic amide) rings is 1. The van der Waals surface area contributed by atoms with Gasteiger partial charge in [-0.3, -0.25) is 14.5 Å². The molecule has 1 fully saturated rings. The second-order valence-corrected chi connectivity index (χ2v) is 10.8. The van der Waals surface area contributed by atoms with E-state index in [9.17, 15) is 19.5 Å². The van der Waals surface area contributed by atoms with Gasteiger partial charge < -0.3 is 21.1 Å². The predicted octanol–water partition coefficient (Wildman–Crippen LogP) is 0.190. The number of nitrogen functional groups attached to an aromatic ring is 1. The van der Waals surface area contributed by atoms with Crippen molar-refractivity contribution in [3.05, 3.63) is 22.3 Å². The number of aliphatic carboxylic acids is 1. The lowest BCUT2D eigenvalue weighted by Crippen LogP contribution is -2.70. The van der Waals surface area contributed by atoms with Crippen LogP contribution in [0.2, 0.25) is 0 Å². The van der Waals surface area contributed by atoms with E-state index in [4.69, 9.17) is 5.73 Å². The molecule has 2 atom stereocenters. The van der Waals surface area contributed by atoms with Crippen LogP contribution in [0.15, 0.2) is 21.8 Å². The predicted molar refractivity (Wildman–Crippen MR) is 142 cm³/mol. The van der Waals surface area contributed by atoms with Gasteiger partial charge in [0.05, 0.1) is 18.7 Å². The van der Waals surface area contributed by atoms with Gasteiger partial charge in [0, 0.05) is 23.4 Å². The summed E-state index contributed by atoms with van der Waals surface area (Å²) < 4.78 is 1.67. The standard InChI is InChI=1S/C18H23N9O4S3.2ClH/c1-25(2)3-4-26-18(22-23-24-26)34-7-9-6-32-15-12(14(29)27(15)13(9)16(30)31)21-11(28)5-10-8-33-17(19)20-10;;/h8,12,15H,3-7H2,1-2H3,(H2,19,20)(H,21,28)(H,30,31);2*1H/t12-,15-;;/m1../s1/i17+1,19+1,20+1;;. The maximum atomic E-state index is 12.8. The summed E-state index contributed by atoms with van der Waals surface area (Å²) in [5, 5.41) is 26.4. The molecular weight excluding hydrogens is 576 g/mol. The van der Waals surface area contributed by atoms with Gasteiger partial charge in [-0.05, 0) is 30.1 Å². The molecule has 2 amide bonds. The van der Waals surface area contributed by atoms with E-state index in [1.165, 1.54) is 39.8 Å². The van der Waals surface area contributed by atoms with E-state index < -0.39 is 23.3 Å². The van der Waals surface area contributed by atoms with Crippen LogP contribution in [0.4, 0.5) is 5.13 Å². The first-order valence-corrected chi connectivity index (χ1v) is 13.1. The Labute approximate surface area is 231 Å². The van der Waals surface area contributed by atoms with Crippen LogP contribution in [0.25, 0.3) is 0 Å². The number of nitrogens with one attached hydrogen (secondary N) is 1. The Kier molecular flexibility index (Phi) is 10.8. The number of hydrogen-bond donors (Lipinski definition) is 3. The fourth-order valence-corrected chi connectivity index (χ4v) is 6.42. The van der Waals surface area contributed by atoms with Crippen molar-refractivity contribution in [3.8, 4) is 0 Å². The van der Waals surface area contributed by atoms with Crippen LogP contribution in [0, 0.1) is 0 Å². The highest BCUT2D eigenvalue weighted by atomic mass is 35.5. The maximum Gasteiger partial charge on any atom is 0.352 e. The van der Waals surface area contributed by atoms with Gasteiger partial charge in [-0.1, -0.05) is 11.8 Å². The minimum Gasteiger partial charge on any atom is -0.477 e. The summed E-state index contributed by atoms with van der Waals surface area (Å²) in [5.74, 6) is -1.24. The number of nitrogens with two attached hydrogens (primary N) is 1. The Morgan fingerprint density at radius 3 is 2.75 bits per heavy atom. The summed E-state index contributed by atoms with van der Waals surface area (Å²) in [5.41, 5.74) is 6.68. The number of tetrazole rings is 1. The number of thiazole rings is 1. The number of carboxylic acid groups (broad SMARTS) is 1. The molecule has 36 heavy (non-hydrogen) atoms. The molecule has 2 aromatic rings. The molecule has 2 aliphatic rings. The summed E-state index contributed by atoms with van der Waals surface area (Å²) in [7, 11) is 3.90. The number of hydrogen-bond acceptors (Lipinski definition) is 12. The van der Waals surface area contributed by atoms with Crippen LogP contribution >= 0.6 is 59.7 Å². The number of nitrogens with zero attached hydrogens (tertiary/aromatic N) is 7. The number of anilines is 1. The van der Waals surface area contributed by atoms with Gasteiger partial charge in [0.15, 0.2) is 5.13 Å². The van der Waals surface area contributed by atoms with E-state index in [0.29, 0.717) is 39.6 Å². The normalized spacial score (nSPS) is 18.8. The lowest BCUT2D eigenvalue weighted by Gasteiger charge is -2.49. The highest BCUT2D eigenvalue weighted by Crippen LogP contribution is 2.41. The highest BCUT2D eigenvalue weighted by Gasteiger charge is 2.54. The number of carboxylic acids is 1. The van der Waals surface area contributed by atoms with Gasteiger partial charge in [-0.2, -0.15) is 0 Å². The third kappa shape index (κ3) is 6.60. The molecule has 0 saturated carbocycles. The molecule has 18 heteroatoms. The van der Waals surface area contributed by atoms with Gasteiger partial charge in [0.2, 0.25) is 11.1 Å². The molecule has 0 unspecified atom stereocenters. The number of carbonyl (C=O) groups is 3. The molecule has 0 spiro atoms. The molecule has 0 radical (unpaired) electrons. The minimum atomic E-state index is -1.18. The Morgan fingerprint density at radius 2 is 2.11 bits per heavy atom. The van der Waals surface area contributed by atoms with Gasteiger partial charge >= 0.3 is 5.97 Å². The smallest absolute Gasteiger partial charge is 0.352 e. The monoisotopic (exact) mass is 600 g/mol. The maximum absolute atomic E-state index is 12.8. The summed E-state index contributed by atoms with van der Waals surface area (Å²) in [6, 6.07) is -0.782. The van der Waals surface area contributed by atoms with Gasteiger partial charge in [0.25, 0.3) is 5.91 Å². The Balaban J connectivity index is 0.00000228. The van der Waals surface area contributed by atoms with E-state index in [2.05, 4.69) is 25.8 Å². The molecule has 4 heterocycles. The topological polar surface area (TPSA) is 172 Å². The van der Waals surface area contributed by atoms with Crippen LogP contribution in [0.1, 0.15) is 5.69 Å². The number of likely N-dealkylation sites (N-methyl/N-ethyl adjacent to an activating group) is 1. The Hall–Kier alpha value is -2.11. The number of fused-ring (bicyclic) bond motifs is 1. The first kappa shape index (κ1) is 30.1. The van der Waals surface area contributed by atoms with E-state index >= 15 is 0 Å². The van der Waals surface area contributed by atoms with Crippen molar-refractivity contribution in [1.82, 2.24) is 40.3 Å². The first-order valence-electron chi connectivity index (χ1n) is 10.2. The largest absolute Gasteiger partial charge is 0.477 e. The van der Waals surface area contributed by atoms with Crippen LogP contribution < -0.4 is 11.1 Å². The van der Waals surface area contributed by atoms with E-state index in [-0.39, 0.29) is 42.8 Å². The number of halogens is 2. The highest BCUT2D eigenvalue weighted by molar-refractivity contribution is 8.01. The van der Waals surface area contributed by atoms with E-state index in [0.717, 1.165) is 6.54 Å². The molecule has 2 aliphatic heterocycles. The van der Waals surface area contributed by atoms with Crippen LogP contribution in [-0.2, 0) is 27.3 Å². The zero-order chi connectivity index (χ0) is 24.4. The van der Waals surface area contributed by atoms with Gasteiger partial charge in [-0.15, -0.1) is 53.0 Å². The van der Waals surface area contributed by atoms with Gasteiger partial charge in [-0.25, -0.2) is 14.5 Å². The van der Waals surface area contributed by atoms with Gasteiger partial charge in [0.1, 0.15) is 17.1 Å². The SMILES string of the molecule is CN(C)CCn1nnnc1SCC1=C(C(=O)O)N2C(=O)[C@@H](NC(=O)Cc3cs[13c]([15NH2])[15n]3)[C@H]2SC1.Cl.Cl. The average molecular weight is 602 g/mol. The van der Waals surface area contributed by atoms with Crippen LogP contribution in [0.5, 0.6) is 0 Å². The zero-order valence-corrected chi connectivity index (χ0v) is 23.3. The summed E-state index contributed by atoms with van der Waals surface area (Å²) >= 11 is 3.98. The van der Waals surface area contributed by atoms with Crippen LogP contribution in [0.3, 0.4) is 0 Å². The third-order valence-electron chi connectivity index (χ3n) is 5.11. The molecule has 198 valence electrons. The Bertz CT molecular complexity index is 1140. The van der Waals surface area contributed by atoms with Crippen molar-refractivity contribution in [2.45, 2.75) is 29.5 Å². The zero-order valence-electron chi connectivity index (χ0n) is 19.2. The number of thioether (sulfide) groups is 2. The third-order valence-corrected chi connectivity index (χ3v) is 8.22. The molecule has 0 bridgehead atoms. The van der Waals surface area contributed by atoms with Crippen molar-refractivity contribution in [3.63, 3.8) is 0 Å². The average Bonchev–Trinajstić information content (AvgIpc) is 3.41. The molecule has 13 nitrogen and oxygen atoms in total. The molecule has 4 rings (SSSR count). The Morgan fingerprint density at radius 1 is 1.36 bits per heavy atom. The lowest BCUT2D eigenvalue weighted by atomic mass is 10.0. The minimum absolute atomic E-state index is 0. The number of amides is 2. The fraction of sp³-hybridized carbons (Fsp3) is 0.500. The molecule has 2 aromatic heterocycles. The number of carbonyl (C=O) groups excluding carboxylic acids is 2. The summed E-state index contributed by atoms with van der Waals surface area (Å²) in [6.45, 7) is 1.36. The number of aromatic nitrogens is 5. The first-order chi connectivity index (χ1) is 16.2. The molecule has 0 aromatic carbocycles. The molecule has 1 saturated heterocycles. The lowest BCUT2D eigenvalue weighted by molar-refractivity contribution is -0.150. The molecule has 4 N–H and O–H groups in total. The molecule has 0 aliphatic carbocycles. The summed E-state index contributed by atoms with van der Waals surface area (Å²) in [6.07, 6.45) is 0.000917. The van der Waals surface area contributed by atoms with Crippen LogP contribution in [-0.4, -0.2) is 101 Å². The molecular formula is C18H25Cl2N9O4S3. The van der Waals surface area contributed by atoms with Crippen molar-refractivity contribution >= 4 is 82.6 Å². The second kappa shape index (κ2) is 12.9. The van der Waals surface area contributed by atoms with Crippen molar-refractivity contribution in [1.29, 1.82) is 0 Å². The van der Waals surface area contributed by atoms with E-state index in [1.54, 1.807) is 10.1 Å². The fourth-order valence-electron chi connectivity index (χ4n) is 3.47. The quantitative estimate of drug-likeness (QED) is 0.192.